The number of aryl methyl sites for hydroxylation is 1. The highest BCUT2D eigenvalue weighted by Crippen LogP contribution is 2.34. The second kappa shape index (κ2) is 8.99. The molecule has 2 amide bonds. The summed E-state index contributed by atoms with van der Waals surface area (Å²) in [7, 11) is 0. The fraction of sp³-hybridized carbons (Fsp3) is 0.143. The van der Waals surface area contributed by atoms with Crippen LogP contribution in [0.25, 0.3) is 11.0 Å². The summed E-state index contributed by atoms with van der Waals surface area (Å²) in [5.41, 5.74) is -0.255. The van der Waals surface area contributed by atoms with Crippen LogP contribution in [-0.4, -0.2) is 26.5 Å². The molecular formula is C21H14Cl2F3N5O3. The van der Waals surface area contributed by atoms with E-state index in [9.17, 15) is 22.8 Å². The van der Waals surface area contributed by atoms with Crippen molar-refractivity contribution in [1.82, 2.24) is 14.7 Å². The molecule has 34 heavy (non-hydrogen) atoms. The van der Waals surface area contributed by atoms with Crippen LogP contribution in [0.3, 0.4) is 0 Å². The third-order valence-electron chi connectivity index (χ3n) is 4.67. The van der Waals surface area contributed by atoms with Crippen LogP contribution in [0.2, 0.25) is 10.0 Å². The Labute approximate surface area is 199 Å². The van der Waals surface area contributed by atoms with E-state index in [0.29, 0.717) is 10.3 Å². The second-order valence-corrected chi connectivity index (χ2v) is 7.93. The van der Waals surface area contributed by atoms with E-state index in [-0.39, 0.29) is 38.1 Å². The largest absolute Gasteiger partial charge is 0.449 e. The highest BCUT2D eigenvalue weighted by Gasteiger charge is 2.38. The Morgan fingerprint density at radius 2 is 1.76 bits per heavy atom. The van der Waals surface area contributed by atoms with Crippen molar-refractivity contribution in [3.63, 3.8) is 0 Å². The number of imidazole rings is 1. The number of halogens is 5. The molecule has 176 valence electrons. The predicted molar refractivity (Wildman–Crippen MR) is 119 cm³/mol. The number of alkyl halides is 3. The van der Waals surface area contributed by atoms with E-state index in [1.807, 2.05) is 0 Å². The first kappa shape index (κ1) is 23.6. The fourth-order valence-electron chi connectivity index (χ4n) is 3.28. The topological polar surface area (TPSA) is 102 Å². The highest BCUT2D eigenvalue weighted by atomic mass is 35.5. The fourth-order valence-corrected chi connectivity index (χ4v) is 3.84. The Hall–Kier alpha value is -3.57. The van der Waals surface area contributed by atoms with Crippen LogP contribution in [0.4, 0.5) is 24.7 Å². The van der Waals surface area contributed by atoms with Gasteiger partial charge in [0.2, 0.25) is 11.7 Å². The normalized spacial score (nSPS) is 11.6. The van der Waals surface area contributed by atoms with Crippen LogP contribution in [0, 0.1) is 6.92 Å². The van der Waals surface area contributed by atoms with Gasteiger partial charge in [-0.3, -0.25) is 9.59 Å². The van der Waals surface area contributed by atoms with Crippen molar-refractivity contribution in [3.05, 3.63) is 69.7 Å². The lowest BCUT2D eigenvalue weighted by molar-refractivity contribution is -0.147. The van der Waals surface area contributed by atoms with Gasteiger partial charge < -0.3 is 19.7 Å². The van der Waals surface area contributed by atoms with Crippen LogP contribution < -0.4 is 10.6 Å². The van der Waals surface area contributed by atoms with Gasteiger partial charge >= 0.3 is 6.18 Å². The predicted octanol–water partition coefficient (Wildman–Crippen LogP) is 5.55. The van der Waals surface area contributed by atoms with Gasteiger partial charge in [0.25, 0.3) is 5.91 Å². The standard InChI is InChI=1S/C21H14Cl2F3N5O3/c1-10-8-15(30-34-10)28-16(32)9-31-14-7-3-6-13(18(14)29-20(31)21(24,25)26)27-19(33)17-11(22)4-2-5-12(17)23/h2-8H,9H2,1H3,(H,27,33)(H,28,30,32). The lowest BCUT2D eigenvalue weighted by Crippen LogP contribution is -2.23. The molecule has 2 aromatic heterocycles. The highest BCUT2D eigenvalue weighted by molar-refractivity contribution is 6.40. The molecule has 0 aliphatic carbocycles. The number of benzene rings is 2. The lowest BCUT2D eigenvalue weighted by atomic mass is 10.2. The summed E-state index contributed by atoms with van der Waals surface area (Å²) in [5, 5.41) is 8.58. The molecule has 4 rings (SSSR count). The average Bonchev–Trinajstić information content (AvgIpc) is 3.32. The molecule has 0 fully saturated rings. The van der Waals surface area contributed by atoms with Crippen LogP contribution in [0.5, 0.6) is 0 Å². The summed E-state index contributed by atoms with van der Waals surface area (Å²) in [6.07, 6.45) is -4.88. The van der Waals surface area contributed by atoms with Crippen molar-refractivity contribution >= 4 is 57.6 Å². The van der Waals surface area contributed by atoms with Crippen molar-refractivity contribution in [1.29, 1.82) is 0 Å². The summed E-state index contributed by atoms with van der Waals surface area (Å²) in [6.45, 7) is 0.879. The molecular weight excluding hydrogens is 498 g/mol. The minimum absolute atomic E-state index is 0.0183. The van der Waals surface area contributed by atoms with Gasteiger partial charge in [0.15, 0.2) is 5.82 Å². The molecule has 0 aliphatic heterocycles. The van der Waals surface area contributed by atoms with Crippen molar-refractivity contribution in [2.75, 3.05) is 10.6 Å². The van der Waals surface area contributed by atoms with Gasteiger partial charge in [-0.1, -0.05) is 40.5 Å². The maximum atomic E-state index is 13.8. The number of carbonyl (C=O) groups is 2. The van der Waals surface area contributed by atoms with Crippen molar-refractivity contribution < 1.29 is 27.3 Å². The van der Waals surface area contributed by atoms with Gasteiger partial charge in [-0.2, -0.15) is 13.2 Å². The molecule has 0 saturated heterocycles. The van der Waals surface area contributed by atoms with E-state index >= 15 is 0 Å². The summed E-state index contributed by atoms with van der Waals surface area (Å²) in [5.74, 6) is -2.35. The number of hydrogen-bond donors (Lipinski definition) is 2. The molecule has 0 spiro atoms. The molecule has 4 aromatic rings. The maximum absolute atomic E-state index is 13.8. The SMILES string of the molecule is Cc1cc(NC(=O)Cn2c(C(F)(F)F)nc3c(NC(=O)c4c(Cl)cccc4Cl)cccc32)no1. The third-order valence-corrected chi connectivity index (χ3v) is 5.30. The Morgan fingerprint density at radius 1 is 1.09 bits per heavy atom. The van der Waals surface area contributed by atoms with E-state index in [4.69, 9.17) is 27.7 Å². The third kappa shape index (κ3) is 4.70. The van der Waals surface area contributed by atoms with Crippen LogP contribution in [-0.2, 0) is 17.5 Å². The quantitative estimate of drug-likeness (QED) is 0.365. The molecule has 13 heteroatoms. The first-order valence-corrected chi connectivity index (χ1v) is 10.3. The molecule has 0 bridgehead atoms. The van der Waals surface area contributed by atoms with E-state index in [0.717, 1.165) is 0 Å². The lowest BCUT2D eigenvalue weighted by Gasteiger charge is -2.11. The molecule has 2 N–H and O–H groups in total. The minimum Gasteiger partial charge on any atom is -0.360 e. The van der Waals surface area contributed by atoms with Crippen LogP contribution >= 0.6 is 23.2 Å². The van der Waals surface area contributed by atoms with Crippen molar-refractivity contribution in [3.8, 4) is 0 Å². The molecule has 0 saturated carbocycles. The molecule has 2 heterocycles. The molecule has 0 radical (unpaired) electrons. The first-order chi connectivity index (χ1) is 16.0. The smallest absolute Gasteiger partial charge is 0.360 e. The van der Waals surface area contributed by atoms with Gasteiger partial charge in [-0.25, -0.2) is 4.98 Å². The monoisotopic (exact) mass is 511 g/mol. The van der Waals surface area contributed by atoms with Gasteiger partial charge in [0, 0.05) is 6.07 Å². The first-order valence-electron chi connectivity index (χ1n) is 9.59. The number of para-hydroxylation sites is 1. The van der Waals surface area contributed by atoms with Crippen molar-refractivity contribution in [2.24, 2.45) is 0 Å². The van der Waals surface area contributed by atoms with Crippen LogP contribution in [0.15, 0.2) is 47.0 Å². The molecule has 8 nitrogen and oxygen atoms in total. The molecule has 0 aliphatic rings. The zero-order chi connectivity index (χ0) is 24.6. The molecule has 2 aromatic carbocycles. The number of nitrogens with one attached hydrogen (secondary N) is 2. The minimum atomic E-state index is -4.88. The summed E-state index contributed by atoms with van der Waals surface area (Å²) < 4.78 is 46.8. The average molecular weight is 512 g/mol. The number of amides is 2. The Bertz CT molecular complexity index is 1390. The zero-order valence-electron chi connectivity index (χ0n) is 17.2. The van der Waals surface area contributed by atoms with Crippen LogP contribution in [0.1, 0.15) is 21.9 Å². The Kier molecular flexibility index (Phi) is 6.24. The van der Waals surface area contributed by atoms with E-state index in [2.05, 4.69) is 20.8 Å². The number of hydrogen-bond acceptors (Lipinski definition) is 5. The van der Waals surface area contributed by atoms with Gasteiger partial charge in [0.1, 0.15) is 17.8 Å². The number of fused-ring (bicyclic) bond motifs is 1. The summed E-state index contributed by atoms with van der Waals surface area (Å²) in [6, 6.07) is 10.0. The number of rotatable bonds is 5. The van der Waals surface area contributed by atoms with Gasteiger partial charge in [0.05, 0.1) is 26.8 Å². The maximum Gasteiger partial charge on any atom is 0.449 e. The van der Waals surface area contributed by atoms with Gasteiger partial charge in [-0.05, 0) is 31.2 Å². The summed E-state index contributed by atoms with van der Waals surface area (Å²) in [4.78, 5) is 28.9. The van der Waals surface area contributed by atoms with E-state index in [1.165, 1.54) is 36.4 Å². The van der Waals surface area contributed by atoms with E-state index in [1.54, 1.807) is 13.0 Å². The molecule has 0 atom stereocenters. The van der Waals surface area contributed by atoms with Crippen molar-refractivity contribution in [2.45, 2.75) is 19.6 Å². The Morgan fingerprint density at radius 3 is 2.38 bits per heavy atom. The Balaban J connectivity index is 1.71. The number of carbonyl (C=O) groups excluding carboxylic acids is 2. The number of anilines is 2. The second-order valence-electron chi connectivity index (χ2n) is 7.11. The molecule has 0 unspecified atom stereocenters. The number of aromatic nitrogens is 3. The van der Waals surface area contributed by atoms with Gasteiger partial charge in [-0.15, -0.1) is 0 Å². The summed E-state index contributed by atoms with van der Waals surface area (Å²) >= 11 is 12.1. The zero-order valence-corrected chi connectivity index (χ0v) is 18.7. The van der Waals surface area contributed by atoms with E-state index < -0.39 is 30.4 Å². The number of nitrogens with zero attached hydrogens (tertiary/aromatic N) is 3.